The molecule has 2 unspecified atom stereocenters. The summed E-state index contributed by atoms with van der Waals surface area (Å²) < 4.78 is 0. The Balaban J connectivity index is 2.28. The number of rotatable bonds is 4. The van der Waals surface area contributed by atoms with Crippen LogP contribution in [0.15, 0.2) is 12.2 Å². The third-order valence-electron chi connectivity index (χ3n) is 3.06. The molecule has 80 valence electrons. The van der Waals surface area contributed by atoms with E-state index < -0.39 is 0 Å². The van der Waals surface area contributed by atoms with E-state index in [9.17, 15) is 4.79 Å². The molecule has 1 aliphatic carbocycles. The normalized spacial score (nSPS) is 27.3. The van der Waals surface area contributed by atoms with Gasteiger partial charge in [-0.15, -0.1) is 0 Å². The topological polar surface area (TPSA) is 17.1 Å². The summed E-state index contributed by atoms with van der Waals surface area (Å²) in [7, 11) is 0. The van der Waals surface area contributed by atoms with Crippen molar-refractivity contribution in [2.75, 3.05) is 0 Å². The van der Waals surface area contributed by atoms with Crippen molar-refractivity contribution in [3.8, 4) is 0 Å². The van der Waals surface area contributed by atoms with Crippen molar-refractivity contribution in [3.63, 3.8) is 0 Å². The van der Waals surface area contributed by atoms with Gasteiger partial charge < -0.3 is 0 Å². The highest BCUT2D eigenvalue weighted by Crippen LogP contribution is 2.31. The molecule has 0 heterocycles. The van der Waals surface area contributed by atoms with Crippen LogP contribution in [0.25, 0.3) is 0 Å². The lowest BCUT2D eigenvalue weighted by atomic mass is 9.79. The highest BCUT2D eigenvalue weighted by atomic mass is 16.1. The molecule has 0 aromatic rings. The number of hydrogen-bond acceptors (Lipinski definition) is 1. The maximum Gasteiger partial charge on any atom is 0.137 e. The Hall–Kier alpha value is -0.590. The third kappa shape index (κ3) is 4.08. The zero-order valence-corrected chi connectivity index (χ0v) is 9.51. The molecule has 0 saturated heterocycles. The molecule has 0 aromatic heterocycles. The SMILES string of the molecule is C=C(C)CC(=O)CC1CCCC(C)C1. The van der Waals surface area contributed by atoms with Crippen LogP contribution in [0.1, 0.15) is 52.4 Å². The van der Waals surface area contributed by atoms with Crippen LogP contribution in [0, 0.1) is 11.8 Å². The first-order valence-corrected chi connectivity index (χ1v) is 5.74. The molecule has 1 rings (SSSR count). The van der Waals surface area contributed by atoms with Gasteiger partial charge in [-0.2, -0.15) is 0 Å². The molecule has 0 aromatic carbocycles. The summed E-state index contributed by atoms with van der Waals surface area (Å²) in [6.45, 7) is 8.02. The van der Waals surface area contributed by atoms with Crippen molar-refractivity contribution in [1.29, 1.82) is 0 Å². The molecule has 1 aliphatic rings. The molecule has 2 atom stereocenters. The van der Waals surface area contributed by atoms with Gasteiger partial charge >= 0.3 is 0 Å². The van der Waals surface area contributed by atoms with E-state index in [0.29, 0.717) is 18.1 Å². The molecule has 1 nitrogen and oxygen atoms in total. The second kappa shape index (κ2) is 5.33. The monoisotopic (exact) mass is 194 g/mol. The molecule has 0 radical (unpaired) electrons. The van der Waals surface area contributed by atoms with Crippen LogP contribution < -0.4 is 0 Å². The first kappa shape index (κ1) is 11.5. The smallest absolute Gasteiger partial charge is 0.137 e. The van der Waals surface area contributed by atoms with Crippen molar-refractivity contribution < 1.29 is 4.79 Å². The minimum Gasteiger partial charge on any atom is -0.299 e. The average molecular weight is 194 g/mol. The Labute approximate surface area is 87.6 Å². The lowest BCUT2D eigenvalue weighted by Gasteiger charge is -2.26. The summed E-state index contributed by atoms with van der Waals surface area (Å²) in [5.41, 5.74) is 0.999. The largest absolute Gasteiger partial charge is 0.299 e. The van der Waals surface area contributed by atoms with Gasteiger partial charge in [0.1, 0.15) is 5.78 Å². The first-order chi connectivity index (χ1) is 6.58. The summed E-state index contributed by atoms with van der Waals surface area (Å²) in [5.74, 6) is 1.87. The Morgan fingerprint density at radius 2 is 2.14 bits per heavy atom. The van der Waals surface area contributed by atoms with Gasteiger partial charge in [0.05, 0.1) is 0 Å². The predicted octanol–water partition coefficient (Wildman–Crippen LogP) is 3.74. The number of carbonyl (C=O) groups is 1. The van der Waals surface area contributed by atoms with E-state index in [1.807, 2.05) is 6.92 Å². The molecule has 0 bridgehead atoms. The molecule has 1 fully saturated rings. The van der Waals surface area contributed by atoms with E-state index in [4.69, 9.17) is 0 Å². The van der Waals surface area contributed by atoms with Gasteiger partial charge in [0, 0.05) is 12.8 Å². The van der Waals surface area contributed by atoms with Crippen LogP contribution in [0.5, 0.6) is 0 Å². The van der Waals surface area contributed by atoms with Crippen molar-refractivity contribution in [1.82, 2.24) is 0 Å². The maximum absolute atomic E-state index is 11.6. The second-order valence-corrected chi connectivity index (χ2v) is 5.01. The lowest BCUT2D eigenvalue weighted by Crippen LogP contribution is -2.16. The molecular formula is C13H22O. The fraction of sp³-hybridized carbons (Fsp3) is 0.769. The Morgan fingerprint density at radius 1 is 1.43 bits per heavy atom. The van der Waals surface area contributed by atoms with Gasteiger partial charge in [-0.1, -0.05) is 38.3 Å². The van der Waals surface area contributed by atoms with E-state index in [0.717, 1.165) is 17.9 Å². The van der Waals surface area contributed by atoms with Gasteiger partial charge in [0.15, 0.2) is 0 Å². The molecule has 14 heavy (non-hydrogen) atoms. The van der Waals surface area contributed by atoms with Crippen LogP contribution >= 0.6 is 0 Å². The fourth-order valence-electron chi connectivity index (χ4n) is 2.48. The lowest BCUT2D eigenvalue weighted by molar-refractivity contribution is -0.119. The molecular weight excluding hydrogens is 172 g/mol. The standard InChI is InChI=1S/C13H22O/c1-10(2)7-13(14)9-12-6-4-5-11(3)8-12/h11-12H,1,4-9H2,2-3H3. The number of carbonyl (C=O) groups excluding carboxylic acids is 1. The maximum atomic E-state index is 11.6. The minimum absolute atomic E-state index is 0.386. The fourth-order valence-corrected chi connectivity index (χ4v) is 2.48. The van der Waals surface area contributed by atoms with E-state index in [-0.39, 0.29) is 0 Å². The Morgan fingerprint density at radius 3 is 2.71 bits per heavy atom. The van der Waals surface area contributed by atoms with Crippen LogP contribution in [0.4, 0.5) is 0 Å². The van der Waals surface area contributed by atoms with E-state index in [1.54, 1.807) is 0 Å². The van der Waals surface area contributed by atoms with Crippen LogP contribution in [0.2, 0.25) is 0 Å². The molecule has 0 amide bonds. The average Bonchev–Trinajstić information content (AvgIpc) is 2.01. The Kier molecular flexibility index (Phi) is 4.37. The van der Waals surface area contributed by atoms with E-state index in [2.05, 4.69) is 13.5 Å². The van der Waals surface area contributed by atoms with Crippen molar-refractivity contribution in [2.24, 2.45) is 11.8 Å². The van der Waals surface area contributed by atoms with Gasteiger partial charge in [-0.05, 0) is 25.2 Å². The van der Waals surface area contributed by atoms with Crippen molar-refractivity contribution >= 4 is 5.78 Å². The highest BCUT2D eigenvalue weighted by Gasteiger charge is 2.20. The molecule has 1 saturated carbocycles. The summed E-state index contributed by atoms with van der Waals surface area (Å²) in [4.78, 5) is 11.6. The number of Topliss-reactive ketones (excluding diaryl/α,β-unsaturated/α-hetero) is 1. The second-order valence-electron chi connectivity index (χ2n) is 5.01. The summed E-state index contributed by atoms with van der Waals surface area (Å²) >= 11 is 0. The zero-order valence-electron chi connectivity index (χ0n) is 9.51. The van der Waals surface area contributed by atoms with E-state index >= 15 is 0 Å². The summed E-state index contributed by atoms with van der Waals surface area (Å²) in [6.07, 6.45) is 6.55. The first-order valence-electron chi connectivity index (χ1n) is 5.74. The molecule has 1 heteroatoms. The van der Waals surface area contributed by atoms with Crippen LogP contribution in [-0.2, 0) is 4.79 Å². The summed E-state index contributed by atoms with van der Waals surface area (Å²) in [5, 5.41) is 0. The van der Waals surface area contributed by atoms with Gasteiger partial charge in [0.25, 0.3) is 0 Å². The van der Waals surface area contributed by atoms with Gasteiger partial charge in [0.2, 0.25) is 0 Å². The molecule has 0 spiro atoms. The minimum atomic E-state index is 0.386. The molecule has 0 aliphatic heterocycles. The third-order valence-corrected chi connectivity index (χ3v) is 3.06. The number of allylic oxidation sites excluding steroid dienone is 1. The van der Waals surface area contributed by atoms with Crippen molar-refractivity contribution in [2.45, 2.75) is 52.4 Å². The highest BCUT2D eigenvalue weighted by molar-refractivity contribution is 5.80. The van der Waals surface area contributed by atoms with Crippen LogP contribution in [-0.4, -0.2) is 5.78 Å². The van der Waals surface area contributed by atoms with Gasteiger partial charge in [-0.25, -0.2) is 0 Å². The van der Waals surface area contributed by atoms with Crippen molar-refractivity contribution in [3.05, 3.63) is 12.2 Å². The Bertz CT molecular complexity index is 217. The number of hydrogen-bond donors (Lipinski definition) is 0. The molecule has 0 N–H and O–H groups in total. The number of ketones is 1. The summed E-state index contributed by atoms with van der Waals surface area (Å²) in [6, 6.07) is 0. The predicted molar refractivity (Wildman–Crippen MR) is 60.2 cm³/mol. The van der Waals surface area contributed by atoms with Gasteiger partial charge in [-0.3, -0.25) is 4.79 Å². The zero-order chi connectivity index (χ0) is 10.6. The van der Waals surface area contributed by atoms with Crippen LogP contribution in [0.3, 0.4) is 0 Å². The van der Waals surface area contributed by atoms with E-state index in [1.165, 1.54) is 25.7 Å². The quantitative estimate of drug-likeness (QED) is 0.623.